The number of hydrogen-bond acceptors (Lipinski definition) is 9. The molecule has 2 aromatic rings. The van der Waals surface area contributed by atoms with Crippen molar-refractivity contribution in [2.45, 2.75) is 39.7 Å². The van der Waals surface area contributed by atoms with Gasteiger partial charge in [-0.05, 0) is 49.5 Å². The van der Waals surface area contributed by atoms with Gasteiger partial charge in [0.05, 0.1) is 23.6 Å². The Bertz CT molecular complexity index is 957. The fraction of sp³-hybridized carbons (Fsp3) is 0.500. The molecular weight excluding hydrogens is 480 g/mol. The number of nitrogens with zero attached hydrogens (tertiary/aromatic N) is 3. The molecule has 1 unspecified atom stereocenters. The molecule has 1 N–H and O–H groups in total. The van der Waals surface area contributed by atoms with Crippen LogP contribution in [0.5, 0.6) is 0 Å². The Hall–Kier alpha value is -1.63. The summed E-state index contributed by atoms with van der Waals surface area (Å²) in [7, 11) is 4.07. The van der Waals surface area contributed by atoms with Gasteiger partial charge in [-0.15, -0.1) is 11.8 Å². The number of amides is 1. The Morgan fingerprint density at radius 3 is 2.82 bits per heavy atom. The zero-order chi connectivity index (χ0) is 23.2. The first kappa shape index (κ1) is 24.5. The quantitative estimate of drug-likeness (QED) is 0.215. The van der Waals surface area contributed by atoms with E-state index in [0.717, 1.165) is 40.7 Å². The first-order chi connectivity index (χ1) is 16.0. The zero-order valence-electron chi connectivity index (χ0n) is 18.7. The van der Waals surface area contributed by atoms with E-state index in [1.807, 2.05) is 14.1 Å². The zero-order valence-corrected chi connectivity index (χ0v) is 21.1. The van der Waals surface area contributed by atoms with E-state index < -0.39 is 17.1 Å². The molecule has 2 fully saturated rings. The van der Waals surface area contributed by atoms with Crippen molar-refractivity contribution in [2.75, 3.05) is 44.9 Å². The molecule has 1 aromatic carbocycles. The lowest BCUT2D eigenvalue weighted by Crippen LogP contribution is -2.25. The third kappa shape index (κ3) is 7.17. The van der Waals surface area contributed by atoms with Crippen molar-refractivity contribution < 1.29 is 18.9 Å². The summed E-state index contributed by atoms with van der Waals surface area (Å²) < 4.78 is 18.8. The average Bonchev–Trinajstić information content (AvgIpc) is 3.34. The number of aromatic nitrogens is 1. The molecule has 8 nitrogen and oxygen atoms in total. The molecule has 2 atom stereocenters. The van der Waals surface area contributed by atoms with Crippen LogP contribution in [0.2, 0.25) is 0 Å². The largest absolute Gasteiger partial charge is 0.611 e. The van der Waals surface area contributed by atoms with E-state index in [2.05, 4.69) is 20.4 Å². The number of rotatable bonds is 11. The number of oxime groups is 1. The van der Waals surface area contributed by atoms with E-state index in [9.17, 15) is 9.35 Å². The van der Waals surface area contributed by atoms with Crippen LogP contribution in [0.25, 0.3) is 0 Å². The Morgan fingerprint density at radius 2 is 2.15 bits per heavy atom. The smallest absolute Gasteiger partial charge is 0.280 e. The maximum atomic E-state index is 13.1. The van der Waals surface area contributed by atoms with Crippen molar-refractivity contribution in [2.24, 2.45) is 5.16 Å². The Kier molecular flexibility index (Phi) is 8.67. The highest BCUT2D eigenvalue weighted by Gasteiger charge is 2.35. The van der Waals surface area contributed by atoms with Crippen LogP contribution in [0.1, 0.15) is 24.8 Å². The number of ether oxygens (including phenoxy) is 1. The van der Waals surface area contributed by atoms with Crippen LogP contribution < -0.4 is 5.32 Å². The minimum Gasteiger partial charge on any atom is -0.611 e. The highest BCUT2D eigenvalue weighted by molar-refractivity contribution is 8.01. The van der Waals surface area contributed by atoms with Gasteiger partial charge in [-0.2, -0.15) is 0 Å². The molecule has 1 aromatic heterocycles. The SMILES string of the molecule is CN(C)CCSc1cnc(NC(=O)/C(=N/O[C@@H]2CCOC2)c2ccc([S+]([O-])C3CC3)cc2)s1. The molecule has 1 aliphatic carbocycles. The number of hydrogen-bond donors (Lipinski definition) is 1. The van der Waals surface area contributed by atoms with E-state index >= 15 is 0 Å². The lowest BCUT2D eigenvalue weighted by Gasteiger charge is -2.11. The number of thiazole rings is 1. The molecule has 1 saturated carbocycles. The molecular formula is C22H28N4O4S3. The molecule has 0 radical (unpaired) electrons. The van der Waals surface area contributed by atoms with Gasteiger partial charge < -0.3 is 19.0 Å². The predicted molar refractivity (Wildman–Crippen MR) is 133 cm³/mol. The number of thioether (sulfide) groups is 1. The van der Waals surface area contributed by atoms with Crippen molar-refractivity contribution in [3.8, 4) is 0 Å². The Balaban J connectivity index is 1.45. The summed E-state index contributed by atoms with van der Waals surface area (Å²) in [5.74, 6) is 0.547. The van der Waals surface area contributed by atoms with Crippen LogP contribution in [0, 0.1) is 0 Å². The predicted octanol–water partition coefficient (Wildman–Crippen LogP) is 3.22. The highest BCUT2D eigenvalue weighted by atomic mass is 32.2. The minimum absolute atomic E-state index is 0.155. The second-order valence-corrected chi connectivity index (χ2v) is 12.3. The molecule has 1 amide bonds. The van der Waals surface area contributed by atoms with Crippen molar-refractivity contribution in [1.82, 2.24) is 9.88 Å². The first-order valence-electron chi connectivity index (χ1n) is 10.9. The molecule has 1 aliphatic heterocycles. The number of carbonyl (C=O) groups is 1. The summed E-state index contributed by atoms with van der Waals surface area (Å²) in [6.07, 6.45) is 4.34. The molecule has 4 rings (SSSR count). The molecule has 0 spiro atoms. The monoisotopic (exact) mass is 508 g/mol. The van der Waals surface area contributed by atoms with Crippen LogP contribution in [0.15, 0.2) is 44.7 Å². The average molecular weight is 509 g/mol. The van der Waals surface area contributed by atoms with Gasteiger partial charge in [0.15, 0.2) is 21.8 Å². The van der Waals surface area contributed by atoms with Gasteiger partial charge in [-0.3, -0.25) is 10.1 Å². The lowest BCUT2D eigenvalue weighted by atomic mass is 10.1. The van der Waals surface area contributed by atoms with Gasteiger partial charge in [0.1, 0.15) is 5.25 Å². The maximum absolute atomic E-state index is 13.1. The van der Waals surface area contributed by atoms with Crippen LogP contribution in [-0.2, 0) is 25.5 Å². The van der Waals surface area contributed by atoms with Crippen LogP contribution >= 0.6 is 23.1 Å². The highest BCUT2D eigenvalue weighted by Crippen LogP contribution is 2.33. The van der Waals surface area contributed by atoms with Crippen LogP contribution in [0.4, 0.5) is 5.13 Å². The number of benzene rings is 1. The van der Waals surface area contributed by atoms with Gasteiger partial charge >= 0.3 is 0 Å². The van der Waals surface area contributed by atoms with Gasteiger partial charge in [-0.1, -0.05) is 16.5 Å². The summed E-state index contributed by atoms with van der Waals surface area (Å²) in [6.45, 7) is 2.04. The van der Waals surface area contributed by atoms with Gasteiger partial charge in [-0.25, -0.2) is 4.98 Å². The van der Waals surface area contributed by atoms with Gasteiger partial charge in [0.25, 0.3) is 5.91 Å². The molecule has 0 bridgehead atoms. The summed E-state index contributed by atoms with van der Waals surface area (Å²) in [5.41, 5.74) is 0.753. The van der Waals surface area contributed by atoms with E-state index in [1.165, 1.54) is 11.3 Å². The third-order valence-electron chi connectivity index (χ3n) is 5.07. The summed E-state index contributed by atoms with van der Waals surface area (Å²) in [4.78, 5) is 25.9. The number of nitrogens with one attached hydrogen (secondary N) is 1. The Labute approximate surface area is 205 Å². The normalized spacial score (nSPS) is 19.6. The Morgan fingerprint density at radius 1 is 1.36 bits per heavy atom. The van der Waals surface area contributed by atoms with Crippen molar-refractivity contribution in [3.05, 3.63) is 36.0 Å². The molecule has 1 saturated heterocycles. The molecule has 33 heavy (non-hydrogen) atoms. The van der Waals surface area contributed by atoms with Crippen LogP contribution in [0.3, 0.4) is 0 Å². The molecule has 2 heterocycles. The second-order valence-electron chi connectivity index (χ2n) is 8.14. The summed E-state index contributed by atoms with van der Waals surface area (Å²) in [5, 5.41) is 7.80. The first-order valence-corrected chi connectivity index (χ1v) is 13.9. The van der Waals surface area contributed by atoms with E-state index in [1.54, 1.807) is 42.2 Å². The summed E-state index contributed by atoms with van der Waals surface area (Å²) >= 11 is 2.14. The van der Waals surface area contributed by atoms with E-state index in [4.69, 9.17) is 9.57 Å². The minimum atomic E-state index is -0.999. The number of carbonyl (C=O) groups excluding carboxylic acids is 1. The lowest BCUT2D eigenvalue weighted by molar-refractivity contribution is -0.110. The van der Waals surface area contributed by atoms with Gasteiger partial charge in [0, 0.05) is 37.1 Å². The van der Waals surface area contributed by atoms with Crippen molar-refractivity contribution >= 4 is 51.0 Å². The van der Waals surface area contributed by atoms with E-state index in [0.29, 0.717) is 23.9 Å². The topological polar surface area (TPSA) is 99.1 Å². The summed E-state index contributed by atoms with van der Waals surface area (Å²) in [6, 6.07) is 7.14. The third-order valence-corrected chi connectivity index (χ3v) is 8.97. The van der Waals surface area contributed by atoms with Crippen molar-refractivity contribution in [1.29, 1.82) is 0 Å². The fourth-order valence-electron chi connectivity index (χ4n) is 3.04. The second kappa shape index (κ2) is 11.7. The maximum Gasteiger partial charge on any atom is 0.280 e. The molecule has 178 valence electrons. The molecule has 11 heteroatoms. The molecule has 2 aliphatic rings. The van der Waals surface area contributed by atoms with Crippen LogP contribution in [-0.4, -0.2) is 77.0 Å². The fourth-order valence-corrected chi connectivity index (χ4v) is 6.44. The standard InChI is InChI=1S/C22H28N4O4S3/c1-26(2)10-12-31-19-13-23-22(32-19)24-21(27)20(25-30-16-9-11-29-14-16)15-3-5-17(6-4-15)33(28)18-7-8-18/h3-6,13,16,18H,7-12,14H2,1-2H3,(H,23,24,27)/b25-20+/t16-,33?/m1/s1. The number of anilines is 1. The van der Waals surface area contributed by atoms with Crippen molar-refractivity contribution in [3.63, 3.8) is 0 Å². The van der Waals surface area contributed by atoms with Gasteiger partial charge in [0.2, 0.25) is 0 Å². The van der Waals surface area contributed by atoms with E-state index in [-0.39, 0.29) is 17.1 Å².